The van der Waals surface area contributed by atoms with Gasteiger partial charge in [0.1, 0.15) is 110 Å². The lowest BCUT2D eigenvalue weighted by molar-refractivity contribution is -0.351. The van der Waals surface area contributed by atoms with Crippen LogP contribution in [0.25, 0.3) is 0 Å². The SMILES string of the molecule is CC(=O)N[C@H]1[C@@H](O[C@@H](C=O)[C@H](O[C@H](C=O)O[C@H]2[C@H](OS(=O)(=O)O)[C@@H](NS(=O)(=O)O)[C@@H](O[C@H]3C[C@@H](O)[C@H](O[C@H]4[C@H](O)[C@@H](NS(=O)(=O)O)[C@@H](O[C@@H](C=O)[C@@H](O[C@H](C=O)O[C@H]5[C@H](O)[C@@H](NS(=O)(=O)O)CO[C@@H]5COS(=O)(=O)O)C(=O)O)O[C@@H]4COS(=O)(=O)O)O[C@H]3C(=O)O)O[C@@H]2COS(=O)(=O)O)C(=O)O)O[C@H](COS(=O)(=O)O)[C@@H](O[C@@H]2O[C@@H](C(=O)O)CC[C@H]2O)[C@@H]1O. The van der Waals surface area contributed by atoms with E-state index in [2.05, 4.69) is 20.9 Å². The summed E-state index contributed by atoms with van der Waals surface area (Å²) in [5, 5.41) is 99.8. The molecule has 0 aromatic rings. The van der Waals surface area contributed by atoms with Crippen LogP contribution in [0, 0.1) is 0 Å². The van der Waals surface area contributed by atoms with Gasteiger partial charge in [0.05, 0.1) is 39.1 Å². The summed E-state index contributed by atoms with van der Waals surface area (Å²) in [5.41, 5.74) is 0. The molecule has 6 aliphatic heterocycles. The minimum atomic E-state index is -6.38. The Kier molecular flexibility index (Phi) is 38.1. The number of carbonyl (C=O) groups is 9. The van der Waals surface area contributed by atoms with Crippen LogP contribution < -0.4 is 19.5 Å². The standard InChI is InChI=1S/C50H76N4O62S8/c1-14(59)51-28-32(63)35(113-46-16(60)2-3-18(102-46)42(65)66)23(11-99-121(85,86)87)106-48(28)104-20(5-55)39(44(69)70)112-27(8-58)110-37-25(13-101-123(91,92)93)108-50(30(54-119(79,80)81)41(37)116-124(94,95)96)103-19-4-17(61)47(115-38(19)43(67)68)114-36-24(12-100-122(88,89)90)107-49(29(33(36)64)53-118(76,77)78)105-21(6-56)40(45(71)72)111-26(7-57)109-34-22(10-98-120(82,83)84)97-9-15(31(34)62)52-117(73,74)75/h5-8,15-41,46-50,52-54,60-64H,2-4,9-13H2,1H3,(H,51,59)(H,65,66)(H,67,68)(H,69,70)(H,71,72)(H,73,74,75)(H,76,77,78)(H,79,80,81)(H,82,83,84)(H,85,86,87)(H,88,89,90)(H,91,92,93)(H,94,95,96)/t15-,16+,17+,18+,19-,20-,21-,22+,23+,24+,25+,26+,27+,28+,29+,30+,31+,32+,33+,34+,35+,36+,37+,38+,39-,40+,41+,46-,47+,48-,49-,50-/m0/s1. The molecule has 124 heavy (non-hydrogen) atoms. The van der Waals surface area contributed by atoms with Crippen molar-refractivity contribution in [2.24, 2.45) is 0 Å². The van der Waals surface area contributed by atoms with E-state index in [0.29, 0.717) is 0 Å². The Hall–Kier alpha value is -5.81. The highest BCUT2D eigenvalue weighted by Crippen LogP contribution is 2.38. The van der Waals surface area contributed by atoms with Crippen LogP contribution >= 0.6 is 0 Å². The molecule has 21 N–H and O–H groups in total. The molecule has 6 saturated heterocycles. The number of nitrogens with one attached hydrogen (secondary N) is 4. The molecule has 0 radical (unpaired) electrons. The molecule has 6 heterocycles. The highest BCUT2D eigenvalue weighted by Gasteiger charge is 2.59. The van der Waals surface area contributed by atoms with Crippen LogP contribution in [0.1, 0.15) is 26.2 Å². The van der Waals surface area contributed by atoms with Crippen molar-refractivity contribution in [1.82, 2.24) is 19.5 Å². The fourth-order valence-corrected chi connectivity index (χ4v) is 15.7. The average Bonchev–Trinajstić information content (AvgIpc) is 0.769. The first kappa shape index (κ1) is 107. The van der Waals surface area contributed by atoms with E-state index in [9.17, 15) is 188 Å². The second-order valence-corrected chi connectivity index (χ2v) is 34.8. The van der Waals surface area contributed by atoms with Crippen molar-refractivity contribution < 1.29 is 285 Å². The highest BCUT2D eigenvalue weighted by atomic mass is 32.3. The fraction of sp³-hybridized carbons (Fsp3) is 0.820. The Bertz CT molecular complexity index is 4680. The van der Waals surface area contributed by atoms with Gasteiger partial charge in [-0.3, -0.25) is 50.8 Å². The maximum atomic E-state index is 13.2. The number of rotatable bonds is 49. The molecule has 0 spiro atoms. The average molecular weight is 1980 g/mol. The van der Waals surface area contributed by atoms with E-state index in [1.54, 1.807) is 0 Å². The molecule has 6 rings (SSSR count). The Balaban J connectivity index is 1.33. The first-order chi connectivity index (χ1) is 56.9. The van der Waals surface area contributed by atoms with E-state index < -0.39 is 380 Å². The summed E-state index contributed by atoms with van der Waals surface area (Å²) in [6, 6.07) is -10.4. The van der Waals surface area contributed by atoms with Gasteiger partial charge in [0.2, 0.25) is 18.5 Å². The Morgan fingerprint density at radius 3 is 1.23 bits per heavy atom. The molecule has 716 valence electrons. The maximum absolute atomic E-state index is 13.2. The van der Waals surface area contributed by atoms with E-state index >= 15 is 0 Å². The number of hydrogen-bond acceptors (Lipinski definition) is 50. The van der Waals surface area contributed by atoms with Crippen LogP contribution in [0.2, 0.25) is 0 Å². The van der Waals surface area contributed by atoms with Crippen LogP contribution in [0.15, 0.2) is 0 Å². The molecule has 66 nitrogen and oxygen atoms in total. The third-order valence-electron chi connectivity index (χ3n) is 17.0. The third kappa shape index (κ3) is 33.0. The van der Waals surface area contributed by atoms with Gasteiger partial charge in [-0.1, -0.05) is 0 Å². The van der Waals surface area contributed by atoms with Crippen LogP contribution in [0.5, 0.6) is 0 Å². The lowest BCUT2D eigenvalue weighted by atomic mass is 9.96. The van der Waals surface area contributed by atoms with Crippen LogP contribution in [-0.2, 0) is 218 Å². The van der Waals surface area contributed by atoms with Crippen LogP contribution in [0.4, 0.5) is 0 Å². The van der Waals surface area contributed by atoms with Crippen molar-refractivity contribution >= 4 is 138 Å². The van der Waals surface area contributed by atoms with Crippen LogP contribution in [-0.4, -0.2) is 434 Å². The van der Waals surface area contributed by atoms with Gasteiger partial charge in [0.15, 0.2) is 93.2 Å². The second kappa shape index (κ2) is 44.2. The third-order valence-corrected chi connectivity index (χ3v) is 21.0. The van der Waals surface area contributed by atoms with E-state index in [1.165, 1.54) is 9.44 Å². The van der Waals surface area contributed by atoms with Crippen molar-refractivity contribution in [2.75, 3.05) is 33.0 Å². The summed E-state index contributed by atoms with van der Waals surface area (Å²) in [6.45, 7) is -7.03. The molecule has 6 aliphatic rings. The minimum Gasteiger partial charge on any atom is -0.479 e. The zero-order valence-corrected chi connectivity index (χ0v) is 67.7. The number of aliphatic hydroxyl groups is 5. The molecule has 0 aromatic carbocycles. The molecule has 0 unspecified atom stereocenters. The van der Waals surface area contributed by atoms with Gasteiger partial charge >= 0.3 is 107 Å². The zero-order valence-electron chi connectivity index (χ0n) is 61.2. The van der Waals surface area contributed by atoms with Crippen molar-refractivity contribution in [3.63, 3.8) is 0 Å². The smallest absolute Gasteiger partial charge is 0.397 e. The Labute approximate surface area is 694 Å². The number of aliphatic hydroxyl groups excluding tert-OH is 5. The number of aldehydes is 4. The van der Waals surface area contributed by atoms with Gasteiger partial charge in [0, 0.05) is 13.3 Å². The number of hydrogen-bond donors (Lipinski definition) is 21. The molecular formula is C50H76N4O62S8. The fourth-order valence-electron chi connectivity index (χ4n) is 12.2. The van der Waals surface area contributed by atoms with Gasteiger partial charge in [-0.2, -0.15) is 81.5 Å². The topological polar surface area (TPSA) is 1000 Å². The van der Waals surface area contributed by atoms with Crippen molar-refractivity contribution in [2.45, 2.75) is 223 Å². The first-order valence-corrected chi connectivity index (χ1v) is 44.6. The second-order valence-electron chi connectivity index (χ2n) is 25.9. The quantitative estimate of drug-likeness (QED) is 0.0153. The lowest BCUT2D eigenvalue weighted by Crippen LogP contribution is -2.69. The van der Waals surface area contributed by atoms with E-state index in [4.69, 9.17) is 75.6 Å². The number of amides is 1. The summed E-state index contributed by atoms with van der Waals surface area (Å²) in [7, 11) is -46.5. The highest BCUT2D eigenvalue weighted by molar-refractivity contribution is 7.84. The van der Waals surface area contributed by atoms with Crippen LogP contribution in [0.3, 0.4) is 0 Å². The summed E-state index contributed by atoms with van der Waals surface area (Å²) >= 11 is 0. The van der Waals surface area contributed by atoms with Crippen molar-refractivity contribution in [3.8, 4) is 0 Å². The molecule has 0 aliphatic carbocycles. The lowest BCUT2D eigenvalue weighted by Gasteiger charge is -2.48. The van der Waals surface area contributed by atoms with Gasteiger partial charge < -0.3 is 132 Å². The molecule has 1 amide bonds. The normalized spacial score (nSPS) is 34.2. The Morgan fingerprint density at radius 1 is 0.419 bits per heavy atom. The van der Waals surface area contributed by atoms with Crippen molar-refractivity contribution in [1.29, 1.82) is 0 Å². The zero-order chi connectivity index (χ0) is 93.8. The largest absolute Gasteiger partial charge is 0.479 e. The van der Waals surface area contributed by atoms with Gasteiger partial charge in [0.25, 0.3) is 0 Å². The minimum absolute atomic E-state index is 0.350. The van der Waals surface area contributed by atoms with E-state index in [0.717, 1.165) is 11.6 Å². The molecule has 6 fully saturated rings. The first-order valence-electron chi connectivity index (χ1n) is 33.5. The molecule has 32 atom stereocenters. The number of ether oxygens (including phenoxy) is 15. The summed E-state index contributed by atoms with van der Waals surface area (Å²) in [6.07, 6.45) is -80.3. The monoisotopic (exact) mass is 1980 g/mol. The molecule has 74 heteroatoms. The predicted molar refractivity (Wildman–Crippen MR) is 363 cm³/mol. The summed E-state index contributed by atoms with van der Waals surface area (Å²) in [4.78, 5) is 115. The number of aliphatic carboxylic acids is 4. The van der Waals surface area contributed by atoms with Gasteiger partial charge in [-0.05, 0) is 12.8 Å². The predicted octanol–water partition coefficient (Wildman–Crippen LogP) is -15.5. The molecule has 0 aromatic heterocycles. The van der Waals surface area contributed by atoms with E-state index in [1.807, 2.05) is 5.32 Å². The summed E-state index contributed by atoms with van der Waals surface area (Å²) in [5.74, 6) is -10.2. The number of carbonyl (C=O) groups excluding carboxylic acids is 5. The van der Waals surface area contributed by atoms with Gasteiger partial charge in [-0.25, -0.2) is 40.1 Å². The number of carboxylic acids is 4. The van der Waals surface area contributed by atoms with Crippen molar-refractivity contribution in [3.05, 3.63) is 0 Å². The Morgan fingerprint density at radius 2 is 0.831 bits per heavy atom. The van der Waals surface area contributed by atoms with Gasteiger partial charge in [-0.15, -0.1) is 0 Å². The summed E-state index contributed by atoms with van der Waals surface area (Å²) < 4.78 is 377. The molecule has 0 bridgehead atoms. The van der Waals surface area contributed by atoms with E-state index in [-0.39, 0.29) is 6.42 Å². The molecular weight excluding hydrogens is 1910 g/mol. The molecule has 0 saturated carbocycles. The number of carboxylic acid groups (broad SMARTS) is 4. The maximum Gasteiger partial charge on any atom is 0.397 e.